The number of para-hydroxylation sites is 1. The Kier molecular flexibility index (Phi) is 5.84. The fourth-order valence-electron chi connectivity index (χ4n) is 4.58. The molecule has 2 aliphatic rings. The Morgan fingerprint density at radius 1 is 1.34 bits per heavy atom. The summed E-state index contributed by atoms with van der Waals surface area (Å²) in [6, 6.07) is 4.97. The van der Waals surface area contributed by atoms with Crippen LogP contribution in [0.4, 0.5) is 9.18 Å². The fourth-order valence-corrected chi connectivity index (χ4v) is 5.51. The third-order valence-corrected chi connectivity index (χ3v) is 7.54. The molecular formula is C21H31FN2O4S. The molecule has 2 aliphatic heterocycles. The lowest BCUT2D eigenvalue weighted by molar-refractivity contribution is -0.0259. The fraction of sp³-hybridized carbons (Fsp3) is 0.667. The molecule has 0 saturated carbocycles. The lowest BCUT2D eigenvalue weighted by Gasteiger charge is -2.46. The van der Waals surface area contributed by atoms with E-state index in [1.54, 1.807) is 6.07 Å². The number of fused-ring (bicyclic) bond motifs is 1. The molecule has 2 heterocycles. The Hall–Kier alpha value is -1.51. The molecule has 3 rings (SSSR count). The summed E-state index contributed by atoms with van der Waals surface area (Å²) < 4.78 is 36.1. The summed E-state index contributed by atoms with van der Waals surface area (Å²) in [5.41, 5.74) is -0.266. The first-order chi connectivity index (χ1) is 13.4. The number of carbonyl (C=O) groups is 1. The molecule has 1 aromatic carbocycles. The van der Waals surface area contributed by atoms with Crippen molar-refractivity contribution in [3.05, 3.63) is 29.6 Å². The minimum atomic E-state index is -1.23. The molecule has 0 aliphatic carbocycles. The average molecular weight is 427 g/mol. The van der Waals surface area contributed by atoms with Crippen LogP contribution in [0.2, 0.25) is 0 Å². The number of ether oxygens (including phenoxy) is 1. The van der Waals surface area contributed by atoms with Gasteiger partial charge in [0.05, 0.1) is 0 Å². The van der Waals surface area contributed by atoms with E-state index in [-0.39, 0.29) is 11.7 Å². The van der Waals surface area contributed by atoms with Crippen molar-refractivity contribution in [2.75, 3.05) is 19.6 Å². The molecule has 1 amide bonds. The smallest absolute Gasteiger partial charge is 0.407 e. The predicted octanol–water partition coefficient (Wildman–Crippen LogP) is 3.89. The van der Waals surface area contributed by atoms with Crippen LogP contribution in [-0.4, -0.2) is 50.6 Å². The van der Waals surface area contributed by atoms with Gasteiger partial charge in [0.1, 0.15) is 10.3 Å². The van der Waals surface area contributed by atoms with Gasteiger partial charge in [-0.25, -0.2) is 9.18 Å². The lowest BCUT2D eigenvalue weighted by atomic mass is 9.64. The summed E-state index contributed by atoms with van der Waals surface area (Å²) in [6.45, 7) is 11.0. The van der Waals surface area contributed by atoms with Crippen molar-refractivity contribution in [2.24, 2.45) is 5.41 Å². The quantitative estimate of drug-likeness (QED) is 0.714. The zero-order valence-electron chi connectivity index (χ0n) is 17.8. The molecule has 162 valence electrons. The summed E-state index contributed by atoms with van der Waals surface area (Å²) in [6.07, 6.45) is 0.0351. The predicted molar refractivity (Wildman–Crippen MR) is 111 cm³/mol. The summed E-state index contributed by atoms with van der Waals surface area (Å²) >= 11 is -1.23. The molecule has 1 fully saturated rings. The molecule has 0 aromatic heterocycles. The highest BCUT2D eigenvalue weighted by Crippen LogP contribution is 2.57. The number of amides is 1. The van der Waals surface area contributed by atoms with Gasteiger partial charge in [-0.3, -0.25) is 0 Å². The maximum absolute atomic E-state index is 14.6. The second kappa shape index (κ2) is 7.63. The number of carboxylic acid groups (broad SMARTS) is 1. The summed E-state index contributed by atoms with van der Waals surface area (Å²) in [5, 5.41) is 9.32. The van der Waals surface area contributed by atoms with Crippen molar-refractivity contribution >= 4 is 17.5 Å². The number of halogens is 1. The van der Waals surface area contributed by atoms with Crippen LogP contribution >= 0.6 is 0 Å². The molecule has 8 heteroatoms. The van der Waals surface area contributed by atoms with E-state index in [1.165, 1.54) is 11.0 Å². The molecule has 1 spiro atoms. The Morgan fingerprint density at radius 3 is 2.52 bits per heavy atom. The van der Waals surface area contributed by atoms with E-state index < -0.39 is 39.0 Å². The van der Waals surface area contributed by atoms with Crippen LogP contribution in [0.5, 0.6) is 5.75 Å². The van der Waals surface area contributed by atoms with Gasteiger partial charge in [-0.15, -0.1) is 4.72 Å². The monoisotopic (exact) mass is 426 g/mol. The molecule has 6 nitrogen and oxygen atoms in total. The highest BCUT2D eigenvalue weighted by Gasteiger charge is 2.56. The SMILES string of the molecule is CC(C)(CN[S@+]([O-])C(C)(C)C)[C@@H]1c2cccc(F)c2OC12CCN(C(=O)O)CC2. The zero-order valence-corrected chi connectivity index (χ0v) is 18.6. The van der Waals surface area contributed by atoms with E-state index in [9.17, 15) is 18.8 Å². The van der Waals surface area contributed by atoms with Crippen LogP contribution in [-0.2, 0) is 11.4 Å². The highest BCUT2D eigenvalue weighted by molar-refractivity contribution is 7.90. The van der Waals surface area contributed by atoms with Gasteiger partial charge in [0.15, 0.2) is 11.6 Å². The van der Waals surface area contributed by atoms with Gasteiger partial charge >= 0.3 is 6.09 Å². The third kappa shape index (κ3) is 4.20. The summed E-state index contributed by atoms with van der Waals surface area (Å²) in [4.78, 5) is 12.7. The van der Waals surface area contributed by atoms with E-state index in [0.717, 1.165) is 5.56 Å². The first kappa shape index (κ1) is 22.2. The third-order valence-electron chi connectivity index (χ3n) is 6.02. The number of rotatable bonds is 4. The van der Waals surface area contributed by atoms with Gasteiger partial charge in [0.25, 0.3) is 0 Å². The van der Waals surface area contributed by atoms with Crippen LogP contribution < -0.4 is 9.46 Å². The van der Waals surface area contributed by atoms with Gasteiger partial charge in [-0.05, 0) is 32.3 Å². The second-order valence-corrected chi connectivity index (χ2v) is 11.8. The first-order valence-corrected chi connectivity index (χ1v) is 11.1. The number of benzene rings is 1. The second-order valence-electron chi connectivity index (χ2n) is 9.72. The van der Waals surface area contributed by atoms with Crippen molar-refractivity contribution in [3.63, 3.8) is 0 Å². The molecule has 2 atom stereocenters. The van der Waals surface area contributed by atoms with Gasteiger partial charge in [-0.2, -0.15) is 0 Å². The number of nitrogens with zero attached hydrogens (tertiary/aromatic N) is 1. The Bertz CT molecular complexity index is 772. The largest absolute Gasteiger partial charge is 0.598 e. The minimum absolute atomic E-state index is 0.152. The molecule has 29 heavy (non-hydrogen) atoms. The number of nitrogens with one attached hydrogen (secondary N) is 1. The summed E-state index contributed by atoms with van der Waals surface area (Å²) in [5.74, 6) is -0.278. The highest BCUT2D eigenvalue weighted by atomic mass is 32.2. The van der Waals surface area contributed by atoms with Gasteiger partial charge in [0, 0.05) is 55.3 Å². The molecule has 0 unspecified atom stereocenters. The number of piperidine rings is 1. The summed E-state index contributed by atoms with van der Waals surface area (Å²) in [7, 11) is 0. The zero-order chi connectivity index (χ0) is 21.6. The normalized spacial score (nSPS) is 22.3. The van der Waals surface area contributed by atoms with Crippen LogP contribution in [0.3, 0.4) is 0 Å². The maximum Gasteiger partial charge on any atom is 0.407 e. The van der Waals surface area contributed by atoms with Gasteiger partial charge in [0.2, 0.25) is 0 Å². The van der Waals surface area contributed by atoms with E-state index in [0.29, 0.717) is 32.5 Å². The number of likely N-dealkylation sites (tertiary alicyclic amines) is 1. The standard InChI is InChI=1S/C21H31FN2O4S/c1-19(2,3)29(27)23-13-20(4,5)17-14-7-6-8-15(22)16(14)28-21(17)9-11-24(12-10-21)18(25)26/h6-8,17,23H,9-13H2,1-5H3,(H,25,26)/t17-,29+/m0/s1. The van der Waals surface area contributed by atoms with Crippen molar-refractivity contribution in [1.82, 2.24) is 9.62 Å². The average Bonchev–Trinajstić information content (AvgIpc) is 2.95. The van der Waals surface area contributed by atoms with Crippen molar-refractivity contribution in [2.45, 2.75) is 63.7 Å². The molecule has 0 bridgehead atoms. The molecule has 2 N–H and O–H groups in total. The Morgan fingerprint density at radius 2 is 1.97 bits per heavy atom. The van der Waals surface area contributed by atoms with Crippen LogP contribution in [0.15, 0.2) is 18.2 Å². The molecule has 1 aromatic rings. The van der Waals surface area contributed by atoms with Crippen molar-refractivity contribution < 1.29 is 23.6 Å². The maximum atomic E-state index is 14.6. The van der Waals surface area contributed by atoms with Crippen molar-refractivity contribution in [1.29, 1.82) is 0 Å². The van der Waals surface area contributed by atoms with Crippen molar-refractivity contribution in [3.8, 4) is 5.75 Å². The molecular weight excluding hydrogens is 395 g/mol. The lowest BCUT2D eigenvalue weighted by Crippen LogP contribution is -2.55. The topological polar surface area (TPSA) is 84.9 Å². The number of hydrogen-bond donors (Lipinski definition) is 2. The van der Waals surface area contributed by atoms with E-state index in [2.05, 4.69) is 18.6 Å². The molecule has 0 radical (unpaired) electrons. The Labute approximate surface area is 175 Å². The minimum Gasteiger partial charge on any atom is -0.598 e. The van der Waals surface area contributed by atoms with E-state index >= 15 is 0 Å². The van der Waals surface area contributed by atoms with Crippen LogP contribution in [0.1, 0.15) is 58.9 Å². The van der Waals surface area contributed by atoms with Crippen LogP contribution in [0.25, 0.3) is 0 Å². The van der Waals surface area contributed by atoms with Gasteiger partial charge in [-0.1, -0.05) is 26.0 Å². The van der Waals surface area contributed by atoms with E-state index in [4.69, 9.17) is 4.74 Å². The molecule has 1 saturated heterocycles. The van der Waals surface area contributed by atoms with E-state index in [1.807, 2.05) is 26.8 Å². The Balaban J connectivity index is 1.92. The first-order valence-electron chi connectivity index (χ1n) is 9.98. The van der Waals surface area contributed by atoms with Gasteiger partial charge < -0.3 is 19.3 Å². The van der Waals surface area contributed by atoms with Crippen LogP contribution in [0, 0.1) is 11.2 Å². The number of hydrogen-bond acceptors (Lipinski definition) is 4.